The summed E-state index contributed by atoms with van der Waals surface area (Å²) in [6.07, 6.45) is 8.19. The highest BCUT2D eigenvalue weighted by Gasteiger charge is 2.61. The predicted octanol–water partition coefficient (Wildman–Crippen LogP) is 2.70. The molecule has 0 N–H and O–H groups in total. The summed E-state index contributed by atoms with van der Waals surface area (Å²) in [5, 5.41) is 8.90. The first-order chi connectivity index (χ1) is 12.7. The van der Waals surface area contributed by atoms with Crippen LogP contribution in [0.5, 0.6) is 0 Å². The molecule has 128 valence electrons. The molecule has 2 bridgehead atoms. The largest absolute Gasteiger partial charge is 0.449 e. The Morgan fingerprint density at radius 2 is 1.96 bits per heavy atom. The fourth-order valence-electron chi connectivity index (χ4n) is 4.94. The molecule has 4 aliphatic rings. The third-order valence-electron chi connectivity index (χ3n) is 6.03. The van der Waals surface area contributed by atoms with Crippen LogP contribution in [0.4, 0.5) is 0 Å². The van der Waals surface area contributed by atoms with Crippen LogP contribution in [-0.4, -0.2) is 35.1 Å². The van der Waals surface area contributed by atoms with E-state index in [1.807, 2.05) is 12.1 Å². The van der Waals surface area contributed by atoms with E-state index in [1.54, 1.807) is 18.2 Å². The lowest BCUT2D eigenvalue weighted by Gasteiger charge is -2.38. The molecule has 0 saturated carbocycles. The monoisotopic (exact) mass is 342 g/mol. The Kier molecular flexibility index (Phi) is 3.32. The van der Waals surface area contributed by atoms with Gasteiger partial charge >= 0.3 is 5.97 Å². The van der Waals surface area contributed by atoms with Gasteiger partial charge < -0.3 is 4.74 Å². The SMILES string of the molecule is N#Cc1ccc(C#CC2=C[C@@H]3C[C@@]4(OC(=O)C=C24)C2CCCCN23)cc1. The molecule has 1 aromatic rings. The summed E-state index contributed by atoms with van der Waals surface area (Å²) in [6.45, 7) is 1.06. The molecule has 1 aromatic carbocycles. The van der Waals surface area contributed by atoms with Crippen molar-refractivity contribution < 1.29 is 9.53 Å². The van der Waals surface area contributed by atoms with Crippen LogP contribution in [0.3, 0.4) is 0 Å². The number of esters is 1. The van der Waals surface area contributed by atoms with Crippen molar-refractivity contribution in [3.05, 3.63) is 58.7 Å². The van der Waals surface area contributed by atoms with Gasteiger partial charge in [-0.1, -0.05) is 24.3 Å². The number of carbonyl (C=O) groups excluding carboxylic acids is 1. The van der Waals surface area contributed by atoms with E-state index in [0.29, 0.717) is 11.6 Å². The summed E-state index contributed by atoms with van der Waals surface area (Å²) >= 11 is 0. The number of fused-ring (bicyclic) bond motifs is 3. The maximum absolute atomic E-state index is 12.1. The summed E-state index contributed by atoms with van der Waals surface area (Å²) in [5.41, 5.74) is 2.88. The van der Waals surface area contributed by atoms with E-state index in [0.717, 1.165) is 36.1 Å². The fourth-order valence-corrected chi connectivity index (χ4v) is 4.94. The average Bonchev–Trinajstić information content (AvgIpc) is 3.15. The topological polar surface area (TPSA) is 53.3 Å². The molecule has 0 amide bonds. The molecule has 1 spiro atoms. The zero-order valence-electron chi connectivity index (χ0n) is 14.4. The molecule has 1 aliphatic carbocycles. The van der Waals surface area contributed by atoms with Crippen molar-refractivity contribution in [1.29, 1.82) is 5.26 Å². The van der Waals surface area contributed by atoms with Crippen molar-refractivity contribution in [2.75, 3.05) is 6.54 Å². The minimum absolute atomic E-state index is 0.237. The average molecular weight is 342 g/mol. The number of rotatable bonds is 0. The molecule has 0 radical (unpaired) electrons. The molecule has 5 rings (SSSR count). The second-order valence-corrected chi connectivity index (χ2v) is 7.41. The fraction of sp³-hybridized carbons (Fsp3) is 0.364. The van der Waals surface area contributed by atoms with Crippen LogP contribution >= 0.6 is 0 Å². The van der Waals surface area contributed by atoms with E-state index in [2.05, 4.69) is 28.9 Å². The Hall–Kier alpha value is -2.82. The molecule has 3 aliphatic heterocycles. The first-order valence-corrected chi connectivity index (χ1v) is 9.15. The summed E-state index contributed by atoms with van der Waals surface area (Å²) in [4.78, 5) is 14.6. The van der Waals surface area contributed by atoms with Gasteiger partial charge in [0.05, 0.1) is 17.7 Å². The molecule has 4 nitrogen and oxygen atoms in total. The number of piperidine rings is 1. The van der Waals surface area contributed by atoms with E-state index in [9.17, 15) is 4.79 Å². The summed E-state index contributed by atoms with van der Waals surface area (Å²) < 4.78 is 5.91. The molecule has 26 heavy (non-hydrogen) atoms. The van der Waals surface area contributed by atoms with Crippen LogP contribution in [0.25, 0.3) is 0 Å². The summed E-state index contributed by atoms with van der Waals surface area (Å²) in [6, 6.07) is 9.94. The quantitative estimate of drug-likeness (QED) is 0.537. The second-order valence-electron chi connectivity index (χ2n) is 7.41. The third kappa shape index (κ3) is 2.16. The van der Waals surface area contributed by atoms with Crippen molar-refractivity contribution in [2.24, 2.45) is 0 Å². The van der Waals surface area contributed by atoms with Crippen molar-refractivity contribution >= 4 is 5.97 Å². The molecule has 1 unspecified atom stereocenters. The summed E-state index contributed by atoms with van der Waals surface area (Å²) in [5.74, 6) is 6.22. The van der Waals surface area contributed by atoms with Gasteiger partial charge in [0, 0.05) is 35.2 Å². The third-order valence-corrected chi connectivity index (χ3v) is 6.03. The van der Waals surface area contributed by atoms with Gasteiger partial charge in [0.15, 0.2) is 5.60 Å². The number of carbonyl (C=O) groups is 1. The zero-order valence-corrected chi connectivity index (χ0v) is 14.4. The molecule has 2 fully saturated rings. The molecular formula is C22H18N2O2. The van der Waals surface area contributed by atoms with Gasteiger partial charge in [-0.2, -0.15) is 5.26 Å². The highest BCUT2D eigenvalue weighted by atomic mass is 16.6. The van der Waals surface area contributed by atoms with Crippen LogP contribution in [0.15, 0.2) is 47.6 Å². The lowest BCUT2D eigenvalue weighted by atomic mass is 9.77. The smallest absolute Gasteiger partial charge is 0.332 e. The van der Waals surface area contributed by atoms with Gasteiger partial charge in [-0.25, -0.2) is 4.79 Å². The lowest BCUT2D eigenvalue weighted by Crippen LogP contribution is -2.48. The number of nitrogens with zero attached hydrogens (tertiary/aromatic N) is 2. The molecule has 0 aromatic heterocycles. The van der Waals surface area contributed by atoms with Gasteiger partial charge in [0.1, 0.15) is 0 Å². The first-order valence-electron chi connectivity index (χ1n) is 9.15. The highest BCUT2D eigenvalue weighted by molar-refractivity contribution is 5.90. The standard InChI is InChI=1S/C22H18N2O2/c23-14-16-6-4-15(5-7-16)8-9-17-11-18-13-22(19(17)12-21(25)26-22)20-3-1-2-10-24(18)20/h4-7,11-12,18,20H,1-3,10,13H2/t18-,20?,22+/m1/s1. The van der Waals surface area contributed by atoms with E-state index < -0.39 is 5.60 Å². The van der Waals surface area contributed by atoms with Crippen LogP contribution in [0.2, 0.25) is 0 Å². The molecule has 2 saturated heterocycles. The van der Waals surface area contributed by atoms with E-state index in [-0.39, 0.29) is 12.0 Å². The van der Waals surface area contributed by atoms with Crippen molar-refractivity contribution in [1.82, 2.24) is 4.90 Å². The number of benzene rings is 1. The zero-order chi connectivity index (χ0) is 17.7. The number of nitriles is 1. The maximum Gasteiger partial charge on any atom is 0.332 e. The first kappa shape index (κ1) is 15.4. The van der Waals surface area contributed by atoms with Gasteiger partial charge in [0.2, 0.25) is 0 Å². The predicted molar refractivity (Wildman–Crippen MR) is 95.8 cm³/mol. The van der Waals surface area contributed by atoms with Crippen LogP contribution < -0.4 is 0 Å². The van der Waals surface area contributed by atoms with Crippen LogP contribution in [0.1, 0.15) is 36.8 Å². The number of hydrogen-bond donors (Lipinski definition) is 0. The van der Waals surface area contributed by atoms with Crippen LogP contribution in [0, 0.1) is 23.2 Å². The van der Waals surface area contributed by atoms with Crippen molar-refractivity contribution in [3.63, 3.8) is 0 Å². The number of ether oxygens (including phenoxy) is 1. The normalized spacial score (nSPS) is 31.6. The highest BCUT2D eigenvalue weighted by Crippen LogP contribution is 2.53. The Bertz CT molecular complexity index is 955. The Morgan fingerprint density at radius 1 is 1.15 bits per heavy atom. The van der Waals surface area contributed by atoms with Gasteiger partial charge in [0.25, 0.3) is 0 Å². The number of hydrogen-bond acceptors (Lipinski definition) is 4. The minimum Gasteiger partial charge on any atom is -0.449 e. The van der Waals surface area contributed by atoms with Gasteiger partial charge in [-0.05, 0) is 43.7 Å². The summed E-state index contributed by atoms with van der Waals surface area (Å²) in [7, 11) is 0. The van der Waals surface area contributed by atoms with E-state index in [1.165, 1.54) is 12.8 Å². The lowest BCUT2D eigenvalue weighted by molar-refractivity contribution is -0.148. The van der Waals surface area contributed by atoms with Crippen LogP contribution in [-0.2, 0) is 9.53 Å². The van der Waals surface area contributed by atoms with Gasteiger partial charge in [-0.15, -0.1) is 0 Å². The molecule has 3 heterocycles. The Morgan fingerprint density at radius 3 is 2.77 bits per heavy atom. The molecule has 3 atom stereocenters. The minimum atomic E-state index is -0.494. The Balaban J connectivity index is 1.54. The van der Waals surface area contributed by atoms with E-state index in [4.69, 9.17) is 10.00 Å². The van der Waals surface area contributed by atoms with Crippen molar-refractivity contribution in [2.45, 2.75) is 43.4 Å². The second kappa shape index (κ2) is 5.59. The maximum atomic E-state index is 12.1. The molecule has 4 heteroatoms. The van der Waals surface area contributed by atoms with Crippen molar-refractivity contribution in [3.8, 4) is 17.9 Å². The molecular weight excluding hydrogens is 324 g/mol. The van der Waals surface area contributed by atoms with E-state index >= 15 is 0 Å². The van der Waals surface area contributed by atoms with Gasteiger partial charge in [-0.3, -0.25) is 4.90 Å². The Labute approximate surface area is 152 Å².